The van der Waals surface area contributed by atoms with Gasteiger partial charge in [-0.3, -0.25) is 13.9 Å². The number of anilines is 3. The van der Waals surface area contributed by atoms with Gasteiger partial charge >= 0.3 is 0 Å². The van der Waals surface area contributed by atoms with Crippen LogP contribution in [0, 0.1) is 6.92 Å². The van der Waals surface area contributed by atoms with Crippen molar-refractivity contribution in [1.82, 2.24) is 0 Å². The molecular weight excluding hydrogens is 366 g/mol. The van der Waals surface area contributed by atoms with Gasteiger partial charge in [-0.15, -0.1) is 0 Å². The highest BCUT2D eigenvalue weighted by molar-refractivity contribution is 7.92. The van der Waals surface area contributed by atoms with Crippen molar-refractivity contribution in [3.63, 3.8) is 0 Å². The van der Waals surface area contributed by atoms with Crippen molar-refractivity contribution < 1.29 is 18.0 Å². The van der Waals surface area contributed by atoms with Crippen molar-refractivity contribution in [3.8, 4) is 0 Å². The molecule has 0 spiro atoms. The molecule has 0 unspecified atom stereocenters. The molecule has 0 aliphatic heterocycles. The summed E-state index contributed by atoms with van der Waals surface area (Å²) >= 11 is 0. The van der Waals surface area contributed by atoms with E-state index in [-0.39, 0.29) is 24.8 Å². The van der Waals surface area contributed by atoms with Crippen LogP contribution >= 0.6 is 0 Å². The first-order chi connectivity index (χ1) is 12.6. The van der Waals surface area contributed by atoms with Crippen molar-refractivity contribution in [2.24, 2.45) is 0 Å². The molecule has 2 N–H and O–H groups in total. The second kappa shape index (κ2) is 8.68. The number of hydrogen-bond acceptors (Lipinski definition) is 4. The van der Waals surface area contributed by atoms with Gasteiger partial charge in [0.2, 0.25) is 21.8 Å². The lowest BCUT2D eigenvalue weighted by atomic mass is 10.2. The average molecular weight is 389 g/mol. The summed E-state index contributed by atoms with van der Waals surface area (Å²) in [6, 6.07) is 13.8. The molecule has 0 aliphatic carbocycles. The Morgan fingerprint density at radius 2 is 1.63 bits per heavy atom. The maximum atomic E-state index is 12.2. The molecule has 0 atom stereocenters. The lowest BCUT2D eigenvalue weighted by Gasteiger charge is -2.22. The Hall–Kier alpha value is -2.87. The lowest BCUT2D eigenvalue weighted by Crippen LogP contribution is -2.33. The van der Waals surface area contributed by atoms with Crippen LogP contribution in [0.15, 0.2) is 48.5 Å². The van der Waals surface area contributed by atoms with Crippen LogP contribution in [-0.2, 0) is 19.6 Å². The van der Waals surface area contributed by atoms with Crippen LogP contribution in [0.2, 0.25) is 0 Å². The van der Waals surface area contributed by atoms with Gasteiger partial charge in [0.05, 0.1) is 11.9 Å². The summed E-state index contributed by atoms with van der Waals surface area (Å²) in [5.41, 5.74) is 2.55. The zero-order valence-electron chi connectivity index (χ0n) is 15.5. The molecule has 27 heavy (non-hydrogen) atoms. The number of amides is 2. The molecule has 2 aromatic rings. The SMILES string of the molecule is CC(=O)Nc1cccc(N(CCC(=O)Nc2cccc(C)c2)S(C)(=O)=O)c1. The molecule has 0 saturated carbocycles. The third kappa shape index (κ3) is 6.41. The minimum absolute atomic E-state index is 0.00856. The monoisotopic (exact) mass is 389 g/mol. The van der Waals surface area contributed by atoms with Crippen molar-refractivity contribution in [2.45, 2.75) is 20.3 Å². The maximum absolute atomic E-state index is 12.2. The molecule has 0 bridgehead atoms. The highest BCUT2D eigenvalue weighted by Crippen LogP contribution is 2.22. The van der Waals surface area contributed by atoms with Gasteiger partial charge in [0.25, 0.3) is 0 Å². The van der Waals surface area contributed by atoms with E-state index in [1.54, 1.807) is 30.3 Å². The van der Waals surface area contributed by atoms with Gasteiger partial charge in [0.15, 0.2) is 0 Å². The van der Waals surface area contributed by atoms with E-state index in [1.165, 1.54) is 6.92 Å². The third-order valence-electron chi connectivity index (χ3n) is 3.70. The van der Waals surface area contributed by atoms with Crippen LogP contribution in [0.25, 0.3) is 0 Å². The van der Waals surface area contributed by atoms with Crippen molar-refractivity contribution in [2.75, 3.05) is 27.7 Å². The quantitative estimate of drug-likeness (QED) is 0.761. The van der Waals surface area contributed by atoms with Crippen LogP contribution in [-0.4, -0.2) is 33.0 Å². The van der Waals surface area contributed by atoms with Crippen LogP contribution in [0.3, 0.4) is 0 Å². The molecule has 0 fully saturated rings. The largest absolute Gasteiger partial charge is 0.326 e. The van der Waals surface area contributed by atoms with Crippen LogP contribution in [0.5, 0.6) is 0 Å². The minimum atomic E-state index is -3.60. The van der Waals surface area contributed by atoms with Crippen molar-refractivity contribution in [1.29, 1.82) is 0 Å². The second-order valence-electron chi connectivity index (χ2n) is 6.23. The first-order valence-corrected chi connectivity index (χ1v) is 10.2. The number of nitrogens with zero attached hydrogens (tertiary/aromatic N) is 1. The Morgan fingerprint density at radius 3 is 2.22 bits per heavy atom. The molecule has 2 amide bonds. The number of carbonyl (C=O) groups is 2. The third-order valence-corrected chi connectivity index (χ3v) is 4.89. The smallest absolute Gasteiger partial charge is 0.232 e. The molecule has 2 aromatic carbocycles. The second-order valence-corrected chi connectivity index (χ2v) is 8.14. The summed E-state index contributed by atoms with van der Waals surface area (Å²) in [4.78, 5) is 23.4. The lowest BCUT2D eigenvalue weighted by molar-refractivity contribution is -0.116. The minimum Gasteiger partial charge on any atom is -0.326 e. The predicted molar refractivity (Wildman–Crippen MR) is 107 cm³/mol. The number of benzene rings is 2. The first kappa shape index (κ1) is 20.4. The van der Waals surface area contributed by atoms with Crippen LogP contribution in [0.4, 0.5) is 17.1 Å². The van der Waals surface area contributed by atoms with Crippen molar-refractivity contribution in [3.05, 3.63) is 54.1 Å². The molecule has 7 nitrogen and oxygen atoms in total. The Bertz CT molecular complexity index is 941. The molecular formula is C19H23N3O4S. The highest BCUT2D eigenvalue weighted by atomic mass is 32.2. The van der Waals surface area contributed by atoms with Gasteiger partial charge < -0.3 is 10.6 Å². The van der Waals surface area contributed by atoms with E-state index in [4.69, 9.17) is 0 Å². The number of carbonyl (C=O) groups excluding carboxylic acids is 2. The molecule has 8 heteroatoms. The summed E-state index contributed by atoms with van der Waals surface area (Å²) in [5, 5.41) is 5.38. The van der Waals surface area contributed by atoms with Gasteiger partial charge in [0.1, 0.15) is 0 Å². The standard InChI is InChI=1S/C19H23N3O4S/c1-14-6-4-7-16(12-14)21-19(24)10-11-22(27(3,25)26)18-9-5-8-17(13-18)20-15(2)23/h4-9,12-13H,10-11H2,1-3H3,(H,20,23)(H,21,24). The zero-order chi connectivity index (χ0) is 20.0. The van der Waals surface area contributed by atoms with Crippen LogP contribution in [0.1, 0.15) is 18.9 Å². The van der Waals surface area contributed by atoms with Crippen molar-refractivity contribution >= 4 is 38.9 Å². The summed E-state index contributed by atoms with van der Waals surface area (Å²) in [6.45, 7) is 3.28. The Balaban J connectivity index is 2.11. The van der Waals surface area contributed by atoms with E-state index in [9.17, 15) is 18.0 Å². The number of hydrogen-bond donors (Lipinski definition) is 2. The van der Waals surface area contributed by atoms with Gasteiger partial charge in [-0.25, -0.2) is 8.42 Å². The van der Waals surface area contributed by atoms with E-state index in [2.05, 4.69) is 10.6 Å². The van der Waals surface area contributed by atoms with Gasteiger partial charge in [-0.2, -0.15) is 0 Å². The molecule has 0 saturated heterocycles. The van der Waals surface area contributed by atoms with E-state index in [0.29, 0.717) is 17.1 Å². The normalized spacial score (nSPS) is 10.9. The van der Waals surface area contributed by atoms with E-state index in [1.807, 2.05) is 25.1 Å². The summed E-state index contributed by atoms with van der Waals surface area (Å²) < 4.78 is 25.5. The van der Waals surface area contributed by atoms with Crippen LogP contribution < -0.4 is 14.9 Å². The van der Waals surface area contributed by atoms with E-state index < -0.39 is 10.0 Å². The first-order valence-electron chi connectivity index (χ1n) is 8.37. The van der Waals surface area contributed by atoms with E-state index in [0.717, 1.165) is 16.1 Å². The molecule has 0 aromatic heterocycles. The molecule has 0 aliphatic rings. The average Bonchev–Trinajstić information content (AvgIpc) is 2.53. The Labute approximate surface area is 159 Å². The highest BCUT2D eigenvalue weighted by Gasteiger charge is 2.19. The molecule has 144 valence electrons. The Morgan fingerprint density at radius 1 is 1.00 bits per heavy atom. The summed E-state index contributed by atoms with van der Waals surface area (Å²) in [6.07, 6.45) is 1.07. The zero-order valence-corrected chi connectivity index (χ0v) is 16.3. The van der Waals surface area contributed by atoms with E-state index >= 15 is 0 Å². The number of sulfonamides is 1. The molecule has 0 radical (unpaired) electrons. The molecule has 0 heterocycles. The number of nitrogens with one attached hydrogen (secondary N) is 2. The number of aryl methyl sites for hydroxylation is 1. The van der Waals surface area contributed by atoms with Gasteiger partial charge in [-0.05, 0) is 42.8 Å². The summed E-state index contributed by atoms with van der Waals surface area (Å²) in [5.74, 6) is -0.539. The van der Waals surface area contributed by atoms with Gasteiger partial charge in [0, 0.05) is 31.3 Å². The number of rotatable bonds is 7. The fourth-order valence-electron chi connectivity index (χ4n) is 2.58. The fourth-order valence-corrected chi connectivity index (χ4v) is 3.50. The summed E-state index contributed by atoms with van der Waals surface area (Å²) in [7, 11) is -3.60. The molecule has 2 rings (SSSR count). The predicted octanol–water partition coefficient (Wildman–Crippen LogP) is 2.75. The fraction of sp³-hybridized carbons (Fsp3) is 0.263. The Kier molecular flexibility index (Phi) is 6.57. The maximum Gasteiger partial charge on any atom is 0.232 e. The topological polar surface area (TPSA) is 95.6 Å². The van der Waals surface area contributed by atoms with Gasteiger partial charge in [-0.1, -0.05) is 18.2 Å².